The van der Waals surface area contributed by atoms with E-state index < -0.39 is 0 Å². The summed E-state index contributed by atoms with van der Waals surface area (Å²) in [6, 6.07) is 0.426. The van der Waals surface area contributed by atoms with Gasteiger partial charge in [0.05, 0.1) is 12.7 Å². The molecule has 3 atom stereocenters. The Hall–Kier alpha value is -0.810. The van der Waals surface area contributed by atoms with Gasteiger partial charge in [0.2, 0.25) is 0 Å². The van der Waals surface area contributed by atoms with Gasteiger partial charge >= 0.3 is 0 Å². The zero-order valence-electron chi connectivity index (χ0n) is 15.6. The molecule has 2 rings (SSSR count). The van der Waals surface area contributed by atoms with Crippen LogP contribution in [0.5, 0.6) is 0 Å². The highest BCUT2D eigenvalue weighted by molar-refractivity contribution is 5.80. The molecule has 1 aliphatic heterocycles. The van der Waals surface area contributed by atoms with Crippen LogP contribution in [0.1, 0.15) is 46.5 Å². The smallest absolute Gasteiger partial charge is 0.193 e. The van der Waals surface area contributed by atoms with Gasteiger partial charge in [0, 0.05) is 51.2 Å². The third kappa shape index (κ3) is 4.60. The monoisotopic (exact) mass is 325 g/mol. The van der Waals surface area contributed by atoms with E-state index in [9.17, 15) is 0 Å². The fourth-order valence-corrected chi connectivity index (χ4v) is 3.49. The molecule has 0 aromatic rings. The van der Waals surface area contributed by atoms with Gasteiger partial charge in [-0.15, -0.1) is 0 Å². The molecule has 0 aromatic heterocycles. The van der Waals surface area contributed by atoms with Crippen molar-refractivity contribution >= 4 is 5.96 Å². The third-order valence-electron chi connectivity index (χ3n) is 5.43. The second-order valence-electron chi connectivity index (χ2n) is 7.62. The molecule has 1 saturated carbocycles. The van der Waals surface area contributed by atoms with Crippen molar-refractivity contribution in [3.8, 4) is 0 Å². The Bertz CT molecular complexity index is 392. The largest absolute Gasteiger partial charge is 0.381 e. The fourth-order valence-electron chi connectivity index (χ4n) is 3.49. The summed E-state index contributed by atoms with van der Waals surface area (Å²) >= 11 is 0. The number of rotatable bonds is 7. The number of nitrogens with zero attached hydrogens (tertiary/aromatic N) is 2. The van der Waals surface area contributed by atoms with Crippen molar-refractivity contribution in [1.82, 2.24) is 10.2 Å². The van der Waals surface area contributed by atoms with Crippen LogP contribution in [0.25, 0.3) is 0 Å². The van der Waals surface area contributed by atoms with Crippen molar-refractivity contribution in [1.29, 1.82) is 0 Å². The first kappa shape index (κ1) is 18.5. The third-order valence-corrected chi connectivity index (χ3v) is 5.43. The van der Waals surface area contributed by atoms with Crippen LogP contribution in [-0.4, -0.2) is 63.5 Å². The van der Waals surface area contributed by atoms with Gasteiger partial charge in [-0.05, 0) is 19.3 Å². The van der Waals surface area contributed by atoms with Crippen molar-refractivity contribution in [2.24, 2.45) is 16.3 Å². The van der Waals surface area contributed by atoms with Crippen LogP contribution in [0.2, 0.25) is 0 Å². The van der Waals surface area contributed by atoms with Gasteiger partial charge in [-0.2, -0.15) is 0 Å². The van der Waals surface area contributed by atoms with Gasteiger partial charge in [0.15, 0.2) is 5.96 Å². The molecule has 5 heteroatoms. The molecule has 5 nitrogen and oxygen atoms in total. The fraction of sp³-hybridized carbons (Fsp3) is 0.944. The normalized spacial score (nSPS) is 30.1. The molecule has 0 bridgehead atoms. The summed E-state index contributed by atoms with van der Waals surface area (Å²) in [5.41, 5.74) is 0.154. The molecule has 134 valence electrons. The molecule has 2 aliphatic rings. The van der Waals surface area contributed by atoms with E-state index in [4.69, 9.17) is 9.47 Å². The van der Waals surface area contributed by atoms with Crippen LogP contribution in [0.3, 0.4) is 0 Å². The molecule has 1 aliphatic carbocycles. The quantitative estimate of drug-likeness (QED) is 0.444. The Labute approximate surface area is 141 Å². The maximum Gasteiger partial charge on any atom is 0.193 e. The average molecular weight is 325 g/mol. The van der Waals surface area contributed by atoms with Gasteiger partial charge in [-0.1, -0.05) is 27.2 Å². The van der Waals surface area contributed by atoms with E-state index in [1.54, 1.807) is 0 Å². The van der Waals surface area contributed by atoms with Gasteiger partial charge < -0.3 is 19.7 Å². The zero-order chi connectivity index (χ0) is 16.9. The lowest BCUT2D eigenvalue weighted by atomic mass is 9.64. The first-order valence-electron chi connectivity index (χ1n) is 9.12. The number of guanidine groups is 1. The van der Waals surface area contributed by atoms with Gasteiger partial charge in [0.25, 0.3) is 0 Å². The standard InChI is InChI=1S/C18H35N3O2/c1-6-7-9-23-16-11-15(18(16,2)3)20-17(19-4)21(5)12-14-8-10-22-13-14/h14-16H,6-13H2,1-5H3,(H,19,20). The lowest BCUT2D eigenvalue weighted by molar-refractivity contribution is -0.114. The predicted molar refractivity (Wildman–Crippen MR) is 94.9 cm³/mol. The Morgan fingerprint density at radius 1 is 1.43 bits per heavy atom. The summed E-state index contributed by atoms with van der Waals surface area (Å²) in [5, 5.41) is 3.64. The van der Waals surface area contributed by atoms with Crippen LogP contribution in [0.15, 0.2) is 4.99 Å². The van der Waals surface area contributed by atoms with Crippen LogP contribution < -0.4 is 5.32 Å². The van der Waals surface area contributed by atoms with Crippen molar-refractivity contribution < 1.29 is 9.47 Å². The second-order valence-corrected chi connectivity index (χ2v) is 7.62. The Balaban J connectivity index is 1.80. The average Bonchev–Trinajstić information content (AvgIpc) is 3.02. The Morgan fingerprint density at radius 3 is 2.78 bits per heavy atom. The number of unbranched alkanes of at least 4 members (excludes halogenated alkanes) is 1. The Kier molecular flexibility index (Phi) is 6.72. The highest BCUT2D eigenvalue weighted by atomic mass is 16.5. The summed E-state index contributed by atoms with van der Waals surface area (Å²) in [4.78, 5) is 6.70. The van der Waals surface area contributed by atoms with Crippen molar-refractivity contribution in [3.05, 3.63) is 0 Å². The van der Waals surface area contributed by atoms with Crippen LogP contribution >= 0.6 is 0 Å². The lowest BCUT2D eigenvalue weighted by Gasteiger charge is -2.52. The van der Waals surface area contributed by atoms with E-state index in [2.05, 4.69) is 43.0 Å². The molecule has 3 unspecified atom stereocenters. The zero-order valence-corrected chi connectivity index (χ0v) is 15.6. The molecule has 23 heavy (non-hydrogen) atoms. The summed E-state index contributed by atoms with van der Waals surface area (Å²) < 4.78 is 11.5. The molecule has 1 heterocycles. The minimum absolute atomic E-state index is 0.154. The lowest BCUT2D eigenvalue weighted by Crippen LogP contribution is -2.63. The summed E-state index contributed by atoms with van der Waals surface area (Å²) in [6.45, 7) is 10.5. The van der Waals surface area contributed by atoms with Gasteiger partial charge in [-0.25, -0.2) is 0 Å². The van der Waals surface area contributed by atoms with Crippen LogP contribution in [-0.2, 0) is 9.47 Å². The van der Waals surface area contributed by atoms with E-state index >= 15 is 0 Å². The number of aliphatic imine (C=N–C) groups is 1. The molecular weight excluding hydrogens is 290 g/mol. The van der Waals surface area contributed by atoms with Crippen molar-refractivity contribution in [2.45, 2.75) is 58.6 Å². The van der Waals surface area contributed by atoms with E-state index in [1.165, 1.54) is 6.42 Å². The van der Waals surface area contributed by atoms with Crippen LogP contribution in [0, 0.1) is 11.3 Å². The Morgan fingerprint density at radius 2 is 2.22 bits per heavy atom. The van der Waals surface area contributed by atoms with Gasteiger partial charge in [0.1, 0.15) is 0 Å². The molecule has 2 fully saturated rings. The highest BCUT2D eigenvalue weighted by Crippen LogP contribution is 2.42. The topological polar surface area (TPSA) is 46.1 Å². The summed E-state index contributed by atoms with van der Waals surface area (Å²) in [5.74, 6) is 1.61. The number of hydrogen-bond donors (Lipinski definition) is 1. The molecule has 0 radical (unpaired) electrons. The van der Waals surface area contributed by atoms with E-state index in [0.29, 0.717) is 18.1 Å². The van der Waals surface area contributed by atoms with Crippen molar-refractivity contribution in [3.63, 3.8) is 0 Å². The number of hydrogen-bond acceptors (Lipinski definition) is 3. The predicted octanol–water partition coefficient (Wildman–Crippen LogP) is 2.51. The maximum atomic E-state index is 6.04. The van der Waals surface area contributed by atoms with E-state index in [0.717, 1.165) is 51.6 Å². The molecule has 1 saturated heterocycles. The van der Waals surface area contributed by atoms with Gasteiger partial charge in [-0.3, -0.25) is 4.99 Å². The maximum absolute atomic E-state index is 6.04. The summed E-state index contributed by atoms with van der Waals surface area (Å²) in [6.07, 6.45) is 4.92. The molecule has 0 spiro atoms. The highest BCUT2D eigenvalue weighted by Gasteiger charge is 2.49. The minimum Gasteiger partial charge on any atom is -0.381 e. The first-order valence-corrected chi connectivity index (χ1v) is 9.12. The number of ether oxygens (including phenoxy) is 2. The minimum atomic E-state index is 0.154. The molecule has 0 amide bonds. The van der Waals surface area contributed by atoms with E-state index in [-0.39, 0.29) is 5.41 Å². The molecular formula is C18H35N3O2. The SMILES string of the molecule is CCCCOC1CC(NC(=NC)N(C)CC2CCOC2)C1(C)C. The molecule has 0 aromatic carbocycles. The second kappa shape index (κ2) is 8.34. The van der Waals surface area contributed by atoms with Crippen LogP contribution in [0.4, 0.5) is 0 Å². The van der Waals surface area contributed by atoms with E-state index in [1.807, 2.05) is 7.05 Å². The summed E-state index contributed by atoms with van der Waals surface area (Å²) in [7, 11) is 3.99. The number of nitrogens with one attached hydrogen (secondary N) is 1. The molecule has 1 N–H and O–H groups in total. The van der Waals surface area contributed by atoms with Crippen molar-refractivity contribution in [2.75, 3.05) is 40.5 Å². The first-order chi connectivity index (χ1) is 11.0.